The first-order valence-corrected chi connectivity index (χ1v) is 7.27. The van der Waals surface area contributed by atoms with Crippen molar-refractivity contribution in [2.24, 2.45) is 5.92 Å². The van der Waals surface area contributed by atoms with Crippen molar-refractivity contribution in [3.05, 3.63) is 35.4 Å². The summed E-state index contributed by atoms with van der Waals surface area (Å²) in [5.41, 5.74) is -0.502. The monoisotopic (exact) mass is 296 g/mol. The maximum atomic E-state index is 13.6. The highest BCUT2D eigenvalue weighted by molar-refractivity contribution is 5.83. The summed E-state index contributed by atoms with van der Waals surface area (Å²) in [6.07, 6.45) is 1.78. The van der Waals surface area contributed by atoms with E-state index in [0.29, 0.717) is 32.7 Å². The minimum absolute atomic E-state index is 0.117. The van der Waals surface area contributed by atoms with Gasteiger partial charge in [-0.15, -0.1) is 0 Å². The molecule has 1 aromatic carbocycles. The number of ether oxygens (including phenoxy) is 2. The molecule has 0 saturated carbocycles. The van der Waals surface area contributed by atoms with Gasteiger partial charge < -0.3 is 9.47 Å². The van der Waals surface area contributed by atoms with E-state index in [1.165, 1.54) is 18.2 Å². The third-order valence-corrected chi connectivity index (χ3v) is 4.43. The van der Waals surface area contributed by atoms with E-state index in [0.717, 1.165) is 6.42 Å². The Bertz CT molecular complexity index is 518. The molecule has 0 bridgehead atoms. The van der Waals surface area contributed by atoms with Crippen LogP contribution in [-0.2, 0) is 20.7 Å². The van der Waals surface area contributed by atoms with E-state index >= 15 is 0 Å². The topological polar surface area (TPSA) is 35.5 Å². The Balaban J connectivity index is 1.70. The zero-order chi connectivity index (χ0) is 14.9. The molecule has 3 nitrogen and oxygen atoms in total. The van der Waals surface area contributed by atoms with Crippen molar-refractivity contribution in [2.45, 2.75) is 31.3 Å². The quantitative estimate of drug-likeness (QED) is 0.860. The fourth-order valence-electron chi connectivity index (χ4n) is 3.19. The highest BCUT2D eigenvalue weighted by Crippen LogP contribution is 2.36. The number of hydrogen-bond acceptors (Lipinski definition) is 3. The predicted molar refractivity (Wildman–Crippen MR) is 71.9 cm³/mol. The molecular formula is C16H18F2O3. The van der Waals surface area contributed by atoms with Gasteiger partial charge in [-0.2, -0.15) is 0 Å². The number of carbonyl (C=O) groups is 1. The number of rotatable bonds is 3. The Morgan fingerprint density at radius 3 is 2.71 bits per heavy atom. The van der Waals surface area contributed by atoms with Gasteiger partial charge in [-0.05, 0) is 25.0 Å². The lowest BCUT2D eigenvalue weighted by Gasteiger charge is -2.36. The van der Waals surface area contributed by atoms with Crippen LogP contribution in [0.1, 0.15) is 24.8 Å². The van der Waals surface area contributed by atoms with Crippen LogP contribution in [-0.4, -0.2) is 31.2 Å². The maximum absolute atomic E-state index is 13.6. The summed E-state index contributed by atoms with van der Waals surface area (Å²) in [7, 11) is 0. The largest absolute Gasteiger partial charge is 0.378 e. The molecule has 2 unspecified atom stereocenters. The highest BCUT2D eigenvalue weighted by Gasteiger charge is 2.42. The van der Waals surface area contributed by atoms with Gasteiger partial charge in [-0.3, -0.25) is 4.79 Å². The van der Waals surface area contributed by atoms with Gasteiger partial charge in [0, 0.05) is 37.5 Å². The normalized spacial score (nSPS) is 29.0. The van der Waals surface area contributed by atoms with Crippen LogP contribution in [0.15, 0.2) is 18.2 Å². The number of ketones is 1. The second-order valence-corrected chi connectivity index (χ2v) is 5.87. The van der Waals surface area contributed by atoms with Gasteiger partial charge in [0.05, 0.1) is 12.2 Å². The minimum Gasteiger partial charge on any atom is -0.378 e. The Hall–Kier alpha value is -1.33. The van der Waals surface area contributed by atoms with Crippen LogP contribution in [0.3, 0.4) is 0 Å². The highest BCUT2D eigenvalue weighted by atomic mass is 19.1. The second kappa shape index (κ2) is 5.81. The smallest absolute Gasteiger partial charge is 0.140 e. The molecule has 0 radical (unpaired) electrons. The number of benzene rings is 1. The predicted octanol–water partition coefficient (Wildman–Crippen LogP) is 2.66. The summed E-state index contributed by atoms with van der Waals surface area (Å²) in [6, 6.07) is 3.67. The fraction of sp³-hybridized carbons (Fsp3) is 0.562. The van der Waals surface area contributed by atoms with Crippen LogP contribution >= 0.6 is 0 Å². The fourth-order valence-corrected chi connectivity index (χ4v) is 3.19. The van der Waals surface area contributed by atoms with Crippen molar-refractivity contribution >= 4 is 5.78 Å². The zero-order valence-electron chi connectivity index (χ0n) is 11.7. The number of carbonyl (C=O) groups excluding carboxylic acids is 1. The van der Waals surface area contributed by atoms with E-state index in [9.17, 15) is 13.6 Å². The lowest BCUT2D eigenvalue weighted by Crippen LogP contribution is -2.42. The Kier molecular flexibility index (Phi) is 4.04. The summed E-state index contributed by atoms with van der Waals surface area (Å²) < 4.78 is 38.4. The molecule has 0 aliphatic carbocycles. The van der Waals surface area contributed by atoms with Gasteiger partial charge in [0.2, 0.25) is 0 Å². The molecule has 2 atom stereocenters. The molecule has 2 fully saturated rings. The molecule has 114 valence electrons. The minimum atomic E-state index is -0.658. The summed E-state index contributed by atoms with van der Waals surface area (Å²) >= 11 is 0. The average molecular weight is 296 g/mol. The Labute approximate surface area is 122 Å². The molecule has 0 aromatic heterocycles. The Morgan fingerprint density at radius 2 is 2.05 bits per heavy atom. The van der Waals surface area contributed by atoms with Crippen molar-refractivity contribution in [2.75, 3.05) is 19.8 Å². The van der Waals surface area contributed by atoms with Crippen LogP contribution in [0.4, 0.5) is 8.78 Å². The van der Waals surface area contributed by atoms with Crippen LogP contribution in [0.5, 0.6) is 0 Å². The van der Waals surface area contributed by atoms with Gasteiger partial charge in [-0.25, -0.2) is 8.78 Å². The number of halogens is 2. The molecule has 2 heterocycles. The van der Waals surface area contributed by atoms with Gasteiger partial charge in [-0.1, -0.05) is 6.07 Å². The Morgan fingerprint density at radius 1 is 1.29 bits per heavy atom. The van der Waals surface area contributed by atoms with Crippen molar-refractivity contribution in [3.63, 3.8) is 0 Å². The summed E-state index contributed by atoms with van der Waals surface area (Å²) in [5.74, 6) is -1.64. The van der Waals surface area contributed by atoms with Crippen molar-refractivity contribution in [1.29, 1.82) is 0 Å². The molecule has 2 aliphatic rings. The van der Waals surface area contributed by atoms with E-state index < -0.39 is 11.6 Å². The van der Waals surface area contributed by atoms with E-state index in [-0.39, 0.29) is 29.3 Å². The molecule has 1 spiro atoms. The summed E-state index contributed by atoms with van der Waals surface area (Å²) in [6.45, 7) is 1.65. The maximum Gasteiger partial charge on any atom is 0.140 e. The summed E-state index contributed by atoms with van der Waals surface area (Å²) in [5, 5.41) is 0. The molecule has 1 aromatic rings. The molecule has 0 N–H and O–H groups in total. The second-order valence-electron chi connectivity index (χ2n) is 5.87. The summed E-state index contributed by atoms with van der Waals surface area (Å²) in [4.78, 5) is 12.4. The van der Waals surface area contributed by atoms with Gasteiger partial charge in [0.25, 0.3) is 0 Å². The molecule has 0 amide bonds. The average Bonchev–Trinajstić information content (AvgIpc) is 2.91. The standard InChI is InChI=1S/C16H18F2O3/c17-13-2-1-3-14(18)12(13)8-15(19)11-4-6-21-16(9-11)5-7-20-10-16/h1-3,11H,4-10H2. The van der Waals surface area contributed by atoms with Gasteiger partial charge in [0.15, 0.2) is 0 Å². The van der Waals surface area contributed by atoms with E-state index in [4.69, 9.17) is 9.47 Å². The van der Waals surface area contributed by atoms with Crippen LogP contribution in [0, 0.1) is 17.6 Å². The first-order chi connectivity index (χ1) is 10.1. The van der Waals surface area contributed by atoms with Gasteiger partial charge in [0.1, 0.15) is 17.4 Å². The molecule has 3 rings (SSSR count). The zero-order valence-corrected chi connectivity index (χ0v) is 11.7. The first-order valence-electron chi connectivity index (χ1n) is 7.27. The molecule has 5 heteroatoms. The lowest BCUT2D eigenvalue weighted by molar-refractivity contribution is -0.136. The number of hydrogen-bond donors (Lipinski definition) is 0. The van der Waals surface area contributed by atoms with E-state index in [1.807, 2.05) is 0 Å². The molecule has 21 heavy (non-hydrogen) atoms. The van der Waals surface area contributed by atoms with Crippen LogP contribution in [0.2, 0.25) is 0 Å². The van der Waals surface area contributed by atoms with Crippen LogP contribution in [0.25, 0.3) is 0 Å². The first kappa shape index (κ1) is 14.6. The van der Waals surface area contributed by atoms with Crippen LogP contribution < -0.4 is 0 Å². The van der Waals surface area contributed by atoms with Crippen molar-refractivity contribution < 1.29 is 23.0 Å². The third-order valence-electron chi connectivity index (χ3n) is 4.43. The van der Waals surface area contributed by atoms with Crippen molar-refractivity contribution in [1.82, 2.24) is 0 Å². The van der Waals surface area contributed by atoms with Gasteiger partial charge >= 0.3 is 0 Å². The SMILES string of the molecule is O=C(Cc1c(F)cccc1F)C1CCOC2(CCOC2)C1. The number of Topliss-reactive ketones (excluding diaryl/α,β-unsaturated/α-hetero) is 1. The molecule has 2 aliphatic heterocycles. The van der Waals surface area contributed by atoms with Crippen molar-refractivity contribution in [3.8, 4) is 0 Å². The molecular weight excluding hydrogens is 278 g/mol. The van der Waals surface area contributed by atoms with E-state index in [2.05, 4.69) is 0 Å². The third kappa shape index (κ3) is 2.99. The lowest BCUT2D eigenvalue weighted by atomic mass is 9.81. The van der Waals surface area contributed by atoms with E-state index in [1.54, 1.807) is 0 Å². The molecule has 2 saturated heterocycles.